The molecule has 0 aromatic carbocycles. The number of carbonyl (C=O) groups excluding carboxylic acids is 1. The summed E-state index contributed by atoms with van der Waals surface area (Å²) in [7, 11) is 0. The van der Waals surface area contributed by atoms with Gasteiger partial charge in [-0.2, -0.15) is 0 Å². The fraction of sp³-hybridized carbons (Fsp3) is 0.500. The highest BCUT2D eigenvalue weighted by Crippen LogP contribution is 2.09. The van der Waals surface area contributed by atoms with Crippen molar-refractivity contribution < 1.29 is 9.53 Å². The first-order valence-corrected chi connectivity index (χ1v) is 6.01. The summed E-state index contributed by atoms with van der Waals surface area (Å²) in [4.78, 5) is 18.2. The van der Waals surface area contributed by atoms with Crippen molar-refractivity contribution in [3.8, 4) is 0 Å². The minimum absolute atomic E-state index is 0.0610. The van der Waals surface area contributed by atoms with Gasteiger partial charge in [-0.15, -0.1) is 0 Å². The van der Waals surface area contributed by atoms with E-state index in [1.54, 1.807) is 12.1 Å². The number of carbonyl (C=O) groups is 1. The predicted octanol–water partition coefficient (Wildman–Crippen LogP) is 0.323. The van der Waals surface area contributed by atoms with Crippen molar-refractivity contribution in [3.63, 3.8) is 0 Å². The van der Waals surface area contributed by atoms with E-state index in [-0.39, 0.29) is 11.9 Å². The van der Waals surface area contributed by atoms with Crippen molar-refractivity contribution >= 4 is 17.4 Å². The van der Waals surface area contributed by atoms with Gasteiger partial charge in [0.2, 0.25) is 5.91 Å². The maximum absolute atomic E-state index is 12.0. The monoisotopic (exact) mass is 250 g/mol. The normalized spacial score (nSPS) is 18.3. The van der Waals surface area contributed by atoms with Crippen LogP contribution < -0.4 is 11.1 Å². The van der Waals surface area contributed by atoms with Crippen molar-refractivity contribution in [2.75, 3.05) is 37.4 Å². The molecule has 0 bridgehead atoms. The van der Waals surface area contributed by atoms with E-state index in [2.05, 4.69) is 15.2 Å². The lowest BCUT2D eigenvalue weighted by Gasteiger charge is -2.31. The molecule has 2 rings (SSSR count). The SMILES string of the molecule is CC(C(=O)Nc1ccc(N)cn1)N1CCOCC1. The van der Waals surface area contributed by atoms with E-state index in [0.717, 1.165) is 13.1 Å². The molecule has 0 saturated carbocycles. The molecule has 1 fully saturated rings. The topological polar surface area (TPSA) is 80.5 Å². The van der Waals surface area contributed by atoms with Gasteiger partial charge in [0.25, 0.3) is 0 Å². The molecule has 0 aliphatic carbocycles. The van der Waals surface area contributed by atoms with E-state index in [0.29, 0.717) is 24.7 Å². The lowest BCUT2D eigenvalue weighted by Crippen LogP contribution is -2.47. The third kappa shape index (κ3) is 3.18. The molecule has 1 aliphatic rings. The van der Waals surface area contributed by atoms with Gasteiger partial charge < -0.3 is 15.8 Å². The standard InChI is InChI=1S/C12H18N4O2/c1-9(16-4-6-18-7-5-16)12(17)15-11-3-2-10(13)8-14-11/h2-3,8-9H,4-7,13H2,1H3,(H,14,15,17). The Labute approximate surface area is 106 Å². The number of morpholine rings is 1. The number of nitrogen functional groups attached to an aromatic ring is 1. The third-order valence-corrected chi connectivity index (χ3v) is 3.01. The molecule has 2 heterocycles. The Balaban J connectivity index is 1.92. The highest BCUT2D eigenvalue weighted by Gasteiger charge is 2.23. The predicted molar refractivity (Wildman–Crippen MR) is 69.1 cm³/mol. The fourth-order valence-corrected chi connectivity index (χ4v) is 1.84. The van der Waals surface area contributed by atoms with Crippen LogP contribution in [-0.4, -0.2) is 48.1 Å². The Hall–Kier alpha value is -1.66. The lowest BCUT2D eigenvalue weighted by molar-refractivity contribution is -0.122. The molecule has 1 unspecified atom stereocenters. The number of pyridine rings is 1. The van der Waals surface area contributed by atoms with E-state index in [4.69, 9.17) is 10.5 Å². The molecule has 1 aromatic rings. The Bertz CT molecular complexity index is 401. The molecule has 6 heteroatoms. The minimum Gasteiger partial charge on any atom is -0.397 e. The highest BCUT2D eigenvalue weighted by molar-refractivity contribution is 5.93. The maximum Gasteiger partial charge on any atom is 0.242 e. The second-order valence-electron chi connectivity index (χ2n) is 4.29. The minimum atomic E-state index is -0.187. The van der Waals surface area contributed by atoms with Gasteiger partial charge in [0.05, 0.1) is 31.1 Å². The van der Waals surface area contributed by atoms with Crippen LogP contribution in [0, 0.1) is 0 Å². The smallest absolute Gasteiger partial charge is 0.242 e. The summed E-state index contributed by atoms with van der Waals surface area (Å²) in [6.45, 7) is 4.81. The number of anilines is 2. The van der Waals surface area contributed by atoms with Crippen LogP contribution in [0.5, 0.6) is 0 Å². The molecular weight excluding hydrogens is 232 g/mol. The summed E-state index contributed by atoms with van der Waals surface area (Å²) in [5, 5.41) is 2.78. The summed E-state index contributed by atoms with van der Waals surface area (Å²) in [5.74, 6) is 0.462. The zero-order valence-electron chi connectivity index (χ0n) is 10.4. The summed E-state index contributed by atoms with van der Waals surface area (Å²) < 4.78 is 5.26. The third-order valence-electron chi connectivity index (χ3n) is 3.01. The first kappa shape index (κ1) is 12.8. The number of nitrogens with zero attached hydrogens (tertiary/aromatic N) is 2. The summed E-state index contributed by atoms with van der Waals surface area (Å²) >= 11 is 0. The van der Waals surface area contributed by atoms with Gasteiger partial charge in [-0.05, 0) is 19.1 Å². The van der Waals surface area contributed by atoms with Gasteiger partial charge in [0.1, 0.15) is 5.82 Å². The molecule has 3 N–H and O–H groups in total. The molecule has 1 atom stereocenters. The zero-order chi connectivity index (χ0) is 13.0. The number of nitrogens with one attached hydrogen (secondary N) is 1. The zero-order valence-corrected chi connectivity index (χ0v) is 10.4. The van der Waals surface area contributed by atoms with Crippen LogP contribution in [0.3, 0.4) is 0 Å². The van der Waals surface area contributed by atoms with Gasteiger partial charge in [-0.3, -0.25) is 9.69 Å². The van der Waals surface area contributed by atoms with E-state index in [1.165, 1.54) is 6.20 Å². The molecule has 1 aromatic heterocycles. The van der Waals surface area contributed by atoms with Crippen LogP contribution in [0.1, 0.15) is 6.92 Å². The van der Waals surface area contributed by atoms with Crippen molar-refractivity contribution in [1.29, 1.82) is 0 Å². The van der Waals surface area contributed by atoms with Crippen molar-refractivity contribution in [2.24, 2.45) is 0 Å². The van der Waals surface area contributed by atoms with Gasteiger partial charge >= 0.3 is 0 Å². The average Bonchev–Trinajstić information content (AvgIpc) is 2.41. The molecule has 1 saturated heterocycles. The van der Waals surface area contributed by atoms with Crippen LogP contribution in [-0.2, 0) is 9.53 Å². The van der Waals surface area contributed by atoms with E-state index >= 15 is 0 Å². The van der Waals surface area contributed by atoms with E-state index in [9.17, 15) is 4.79 Å². The number of amides is 1. The molecule has 0 spiro atoms. The van der Waals surface area contributed by atoms with Crippen LogP contribution in [0.25, 0.3) is 0 Å². The first-order chi connectivity index (χ1) is 8.66. The van der Waals surface area contributed by atoms with Gasteiger partial charge in [0, 0.05) is 13.1 Å². The largest absolute Gasteiger partial charge is 0.397 e. The quantitative estimate of drug-likeness (QED) is 0.807. The number of ether oxygens (including phenoxy) is 1. The van der Waals surface area contributed by atoms with Crippen molar-refractivity contribution in [2.45, 2.75) is 13.0 Å². The fourth-order valence-electron chi connectivity index (χ4n) is 1.84. The molecule has 18 heavy (non-hydrogen) atoms. The van der Waals surface area contributed by atoms with Crippen LogP contribution >= 0.6 is 0 Å². The number of hydrogen-bond donors (Lipinski definition) is 2. The molecular formula is C12H18N4O2. The van der Waals surface area contributed by atoms with Gasteiger partial charge in [-0.1, -0.05) is 0 Å². The van der Waals surface area contributed by atoms with Gasteiger partial charge in [-0.25, -0.2) is 4.98 Å². The Morgan fingerprint density at radius 3 is 2.83 bits per heavy atom. The molecule has 6 nitrogen and oxygen atoms in total. The van der Waals surface area contributed by atoms with E-state index in [1.807, 2.05) is 6.92 Å². The number of aromatic nitrogens is 1. The molecule has 1 amide bonds. The number of nitrogens with two attached hydrogens (primary N) is 1. The Morgan fingerprint density at radius 1 is 1.50 bits per heavy atom. The molecule has 0 radical (unpaired) electrons. The number of hydrogen-bond acceptors (Lipinski definition) is 5. The van der Waals surface area contributed by atoms with E-state index < -0.39 is 0 Å². The Morgan fingerprint density at radius 2 is 2.22 bits per heavy atom. The highest BCUT2D eigenvalue weighted by atomic mass is 16.5. The first-order valence-electron chi connectivity index (χ1n) is 6.01. The molecule has 1 aliphatic heterocycles. The summed E-state index contributed by atoms with van der Waals surface area (Å²) in [5.41, 5.74) is 6.11. The second kappa shape index (κ2) is 5.79. The summed E-state index contributed by atoms with van der Waals surface area (Å²) in [6, 6.07) is 3.22. The summed E-state index contributed by atoms with van der Waals surface area (Å²) in [6.07, 6.45) is 1.52. The second-order valence-corrected chi connectivity index (χ2v) is 4.29. The average molecular weight is 250 g/mol. The van der Waals surface area contributed by atoms with Crippen LogP contribution in [0.2, 0.25) is 0 Å². The van der Waals surface area contributed by atoms with Crippen LogP contribution in [0.15, 0.2) is 18.3 Å². The maximum atomic E-state index is 12.0. The van der Waals surface area contributed by atoms with Crippen molar-refractivity contribution in [1.82, 2.24) is 9.88 Å². The lowest BCUT2D eigenvalue weighted by atomic mass is 10.2. The number of rotatable bonds is 3. The molecule has 98 valence electrons. The van der Waals surface area contributed by atoms with Gasteiger partial charge in [0.15, 0.2) is 0 Å². The van der Waals surface area contributed by atoms with Crippen molar-refractivity contribution in [3.05, 3.63) is 18.3 Å². The Kier molecular flexibility index (Phi) is 4.11. The van der Waals surface area contributed by atoms with Crippen LogP contribution in [0.4, 0.5) is 11.5 Å².